The summed E-state index contributed by atoms with van der Waals surface area (Å²) < 4.78 is 7.21. The zero-order chi connectivity index (χ0) is 36.1. The molecule has 252 valence electrons. The molecule has 0 spiro atoms. The third kappa shape index (κ3) is 6.05. The standard InChI is InChI=1S/C47H42B2N2O/c1-29-22-31(3)45(32(4)23-29)48-39-17-8-9-18-40(39)49(46-33(5)24-30(2)25-34(46)6)47-41(48)27-37(43-20-12-14-35(7)51-43)28-44(47)52-38-16-13-15-36(26-38)42-19-10-11-21-50-42/h8-28H,1-7H3. The Morgan fingerprint density at radius 3 is 1.69 bits per heavy atom. The monoisotopic (exact) mass is 672 g/mol. The van der Waals surface area contributed by atoms with E-state index in [1.54, 1.807) is 0 Å². The highest BCUT2D eigenvalue weighted by Gasteiger charge is 2.43. The minimum atomic E-state index is -0.0393. The van der Waals surface area contributed by atoms with Gasteiger partial charge in [-0.3, -0.25) is 9.97 Å². The van der Waals surface area contributed by atoms with E-state index in [2.05, 4.69) is 157 Å². The van der Waals surface area contributed by atoms with Gasteiger partial charge >= 0.3 is 0 Å². The molecule has 52 heavy (non-hydrogen) atoms. The Morgan fingerprint density at radius 2 is 1.06 bits per heavy atom. The van der Waals surface area contributed by atoms with E-state index in [0.717, 1.165) is 39.7 Å². The summed E-state index contributed by atoms with van der Waals surface area (Å²) in [5.74, 6) is 1.62. The Bertz CT molecular complexity index is 2440. The van der Waals surface area contributed by atoms with Gasteiger partial charge < -0.3 is 4.74 Å². The number of hydrogen-bond acceptors (Lipinski definition) is 3. The van der Waals surface area contributed by atoms with Crippen molar-refractivity contribution >= 4 is 46.2 Å². The van der Waals surface area contributed by atoms with E-state index in [1.165, 1.54) is 66.2 Å². The number of ether oxygens (including phenoxy) is 1. The molecule has 5 heteroatoms. The summed E-state index contributed by atoms with van der Waals surface area (Å²) >= 11 is 0. The summed E-state index contributed by atoms with van der Waals surface area (Å²) in [6, 6.07) is 43.6. The summed E-state index contributed by atoms with van der Waals surface area (Å²) in [5, 5.41) is 0. The van der Waals surface area contributed by atoms with Crippen molar-refractivity contribution in [1.82, 2.24) is 9.97 Å². The largest absolute Gasteiger partial charge is 0.458 e. The second-order valence-corrected chi connectivity index (χ2v) is 14.6. The van der Waals surface area contributed by atoms with E-state index < -0.39 is 0 Å². The average molecular weight is 672 g/mol. The van der Waals surface area contributed by atoms with Crippen molar-refractivity contribution in [3.8, 4) is 34.0 Å². The lowest BCUT2D eigenvalue weighted by atomic mass is 9.20. The number of aromatic nitrogens is 2. The fourth-order valence-electron chi connectivity index (χ4n) is 8.78. The molecule has 3 heterocycles. The molecule has 0 saturated carbocycles. The predicted octanol–water partition coefficient (Wildman–Crippen LogP) is 7.11. The van der Waals surface area contributed by atoms with E-state index in [-0.39, 0.29) is 13.4 Å². The van der Waals surface area contributed by atoms with Gasteiger partial charge in [-0.05, 0) is 96.4 Å². The van der Waals surface area contributed by atoms with Crippen LogP contribution in [0.5, 0.6) is 11.5 Å². The van der Waals surface area contributed by atoms with E-state index in [0.29, 0.717) is 0 Å². The molecular weight excluding hydrogens is 630 g/mol. The minimum Gasteiger partial charge on any atom is -0.458 e. The van der Waals surface area contributed by atoms with Gasteiger partial charge in [0.15, 0.2) is 0 Å². The number of hydrogen-bond donors (Lipinski definition) is 0. The van der Waals surface area contributed by atoms with Crippen LogP contribution in [-0.4, -0.2) is 23.4 Å². The number of rotatable bonds is 6. The molecule has 0 atom stereocenters. The van der Waals surface area contributed by atoms with Gasteiger partial charge in [-0.15, -0.1) is 0 Å². The molecule has 1 aliphatic heterocycles. The number of pyridine rings is 2. The fraction of sp³-hybridized carbons (Fsp3) is 0.149. The van der Waals surface area contributed by atoms with E-state index in [9.17, 15) is 0 Å². The molecule has 0 aliphatic carbocycles. The van der Waals surface area contributed by atoms with Crippen LogP contribution >= 0.6 is 0 Å². The van der Waals surface area contributed by atoms with Gasteiger partial charge in [0.05, 0.1) is 11.4 Å². The third-order valence-electron chi connectivity index (χ3n) is 10.7. The molecule has 0 amide bonds. The molecule has 8 rings (SSSR count). The predicted molar refractivity (Wildman–Crippen MR) is 221 cm³/mol. The summed E-state index contributed by atoms with van der Waals surface area (Å²) in [7, 11) is 0. The lowest BCUT2D eigenvalue weighted by molar-refractivity contribution is 0.487. The Kier molecular flexibility index (Phi) is 8.67. The maximum absolute atomic E-state index is 7.21. The lowest BCUT2D eigenvalue weighted by Crippen LogP contribution is -2.76. The average Bonchev–Trinajstić information content (AvgIpc) is 3.12. The summed E-state index contributed by atoms with van der Waals surface area (Å²) in [6.07, 6.45) is 1.83. The van der Waals surface area contributed by atoms with Crippen molar-refractivity contribution < 1.29 is 4.74 Å². The first-order valence-corrected chi connectivity index (χ1v) is 18.2. The lowest BCUT2D eigenvalue weighted by Gasteiger charge is -2.36. The Morgan fingerprint density at radius 1 is 0.462 bits per heavy atom. The first kappa shape index (κ1) is 33.5. The van der Waals surface area contributed by atoms with Gasteiger partial charge in [0.2, 0.25) is 13.4 Å². The van der Waals surface area contributed by atoms with E-state index >= 15 is 0 Å². The molecule has 5 aromatic carbocycles. The van der Waals surface area contributed by atoms with Crippen LogP contribution in [0.3, 0.4) is 0 Å². The van der Waals surface area contributed by atoms with Crippen molar-refractivity contribution in [3.63, 3.8) is 0 Å². The molecule has 0 fully saturated rings. The fourth-order valence-corrected chi connectivity index (χ4v) is 8.78. The van der Waals surface area contributed by atoms with Crippen LogP contribution in [-0.2, 0) is 0 Å². The summed E-state index contributed by atoms with van der Waals surface area (Å²) in [4.78, 5) is 9.67. The van der Waals surface area contributed by atoms with E-state index in [4.69, 9.17) is 9.72 Å². The maximum Gasteiger partial charge on any atom is 0.245 e. The Balaban J connectivity index is 1.47. The van der Waals surface area contributed by atoms with Crippen LogP contribution in [0.25, 0.3) is 22.5 Å². The smallest absolute Gasteiger partial charge is 0.245 e. The quantitative estimate of drug-likeness (QED) is 0.177. The number of aryl methyl sites for hydroxylation is 7. The van der Waals surface area contributed by atoms with E-state index in [1.807, 2.05) is 24.4 Å². The normalized spacial score (nSPS) is 12.1. The molecular formula is C47H42B2N2O. The van der Waals surface area contributed by atoms with Gasteiger partial charge in [0.1, 0.15) is 11.5 Å². The molecule has 3 nitrogen and oxygen atoms in total. The topological polar surface area (TPSA) is 35.0 Å². The van der Waals surface area contributed by atoms with Crippen LogP contribution in [0.15, 0.2) is 128 Å². The van der Waals surface area contributed by atoms with Gasteiger partial charge in [-0.2, -0.15) is 0 Å². The zero-order valence-electron chi connectivity index (χ0n) is 31.1. The van der Waals surface area contributed by atoms with Gasteiger partial charge in [-0.1, -0.05) is 140 Å². The van der Waals surface area contributed by atoms with Gasteiger partial charge in [0.25, 0.3) is 0 Å². The van der Waals surface area contributed by atoms with Crippen molar-refractivity contribution in [2.75, 3.05) is 0 Å². The molecule has 2 aromatic heterocycles. The molecule has 0 bridgehead atoms. The molecule has 7 aromatic rings. The maximum atomic E-state index is 7.21. The molecule has 0 N–H and O–H groups in total. The zero-order valence-corrected chi connectivity index (χ0v) is 31.1. The number of benzene rings is 5. The van der Waals surface area contributed by atoms with Crippen LogP contribution in [0, 0.1) is 48.5 Å². The van der Waals surface area contributed by atoms with Crippen molar-refractivity contribution in [1.29, 1.82) is 0 Å². The Hall–Kier alpha value is -5.67. The summed E-state index contributed by atoms with van der Waals surface area (Å²) in [6.45, 7) is 15.5. The Labute approximate surface area is 309 Å². The molecule has 0 radical (unpaired) electrons. The highest BCUT2D eigenvalue weighted by molar-refractivity contribution is 7.12. The first-order chi connectivity index (χ1) is 25.2. The second kappa shape index (κ2) is 13.5. The molecule has 0 unspecified atom stereocenters. The van der Waals surface area contributed by atoms with Crippen LogP contribution in [0.2, 0.25) is 0 Å². The SMILES string of the molecule is Cc1cc(C)c(B2c3ccccc3B(c3c(C)cc(C)cc3C)c3c(Oc4cccc(-c5ccccn5)c4)cc(-c4cccc(C)n4)cc32)c(C)c1. The van der Waals surface area contributed by atoms with Crippen molar-refractivity contribution in [2.24, 2.45) is 0 Å². The van der Waals surface area contributed by atoms with Gasteiger partial charge in [0, 0.05) is 23.0 Å². The number of nitrogens with zero attached hydrogens (tertiary/aromatic N) is 2. The second-order valence-electron chi connectivity index (χ2n) is 14.6. The van der Waals surface area contributed by atoms with Crippen molar-refractivity contribution in [2.45, 2.75) is 48.5 Å². The van der Waals surface area contributed by atoms with Crippen molar-refractivity contribution in [3.05, 3.63) is 167 Å². The van der Waals surface area contributed by atoms with Crippen LogP contribution in [0.1, 0.15) is 39.1 Å². The third-order valence-corrected chi connectivity index (χ3v) is 10.7. The molecule has 0 saturated heterocycles. The minimum absolute atomic E-state index is 0.000993. The highest BCUT2D eigenvalue weighted by atomic mass is 16.5. The van der Waals surface area contributed by atoms with Gasteiger partial charge in [-0.25, -0.2) is 0 Å². The highest BCUT2D eigenvalue weighted by Crippen LogP contribution is 2.30. The molecule has 1 aliphatic rings. The van der Waals surface area contributed by atoms with Crippen LogP contribution in [0.4, 0.5) is 0 Å². The summed E-state index contributed by atoms with van der Waals surface area (Å²) in [5.41, 5.74) is 20.4. The number of fused-ring (bicyclic) bond motifs is 2. The first-order valence-electron chi connectivity index (χ1n) is 18.2. The van der Waals surface area contributed by atoms with Crippen LogP contribution < -0.4 is 37.5 Å².